The molecule has 2 aromatic heterocycles. The van der Waals surface area contributed by atoms with Gasteiger partial charge in [0.05, 0.1) is 36.5 Å². The third-order valence-electron chi connectivity index (χ3n) is 8.13. The molecule has 1 atom stereocenters. The van der Waals surface area contributed by atoms with Crippen molar-refractivity contribution in [2.45, 2.75) is 44.0 Å². The van der Waals surface area contributed by atoms with Crippen LogP contribution >= 0.6 is 11.6 Å². The summed E-state index contributed by atoms with van der Waals surface area (Å²) in [7, 11) is 1.41. The average molecular weight is 644 g/mol. The van der Waals surface area contributed by atoms with Gasteiger partial charge >= 0.3 is 0 Å². The maximum atomic E-state index is 14.7. The van der Waals surface area contributed by atoms with Gasteiger partial charge in [-0.3, -0.25) is 9.59 Å². The third-order valence-corrected chi connectivity index (χ3v) is 8.40. The van der Waals surface area contributed by atoms with Crippen molar-refractivity contribution < 1.29 is 37.3 Å². The summed E-state index contributed by atoms with van der Waals surface area (Å²) in [4.78, 5) is 30.5. The van der Waals surface area contributed by atoms with Crippen LogP contribution in [-0.2, 0) is 11.4 Å². The molecule has 2 aliphatic carbocycles. The molecule has 236 valence electrons. The minimum atomic E-state index is -1.80. The molecule has 2 amide bonds. The summed E-state index contributed by atoms with van der Waals surface area (Å²) >= 11 is 5.91. The quantitative estimate of drug-likeness (QED) is 0.196. The highest BCUT2D eigenvalue weighted by Gasteiger charge is 2.48. The number of ether oxygens (including phenoxy) is 2. The number of aromatic nitrogens is 3. The number of carbonyl (C=O) groups is 2. The molecule has 0 spiro atoms. The van der Waals surface area contributed by atoms with Gasteiger partial charge in [0.2, 0.25) is 5.79 Å². The van der Waals surface area contributed by atoms with Gasteiger partial charge in [-0.1, -0.05) is 11.6 Å². The molecule has 10 nitrogen and oxygen atoms in total. The van der Waals surface area contributed by atoms with Crippen LogP contribution < -0.4 is 20.5 Å². The van der Waals surface area contributed by atoms with Crippen molar-refractivity contribution in [1.29, 1.82) is 0 Å². The first kappa shape index (κ1) is 30.7. The van der Waals surface area contributed by atoms with E-state index in [1.54, 1.807) is 13.0 Å². The van der Waals surface area contributed by atoms with Crippen molar-refractivity contribution in [1.82, 2.24) is 20.1 Å². The number of methoxy groups -OCH3 is 1. The Hall–Kier alpha value is -4.36. The van der Waals surface area contributed by atoms with Crippen LogP contribution in [0.3, 0.4) is 0 Å². The van der Waals surface area contributed by atoms with Gasteiger partial charge in [0.1, 0.15) is 22.6 Å². The predicted octanol–water partition coefficient (Wildman–Crippen LogP) is 4.98. The highest BCUT2D eigenvalue weighted by atomic mass is 35.5. The van der Waals surface area contributed by atoms with Crippen LogP contribution in [0.25, 0.3) is 22.2 Å². The van der Waals surface area contributed by atoms with E-state index in [1.807, 2.05) is 0 Å². The zero-order chi connectivity index (χ0) is 32.3. The molecule has 14 heteroatoms. The second kappa shape index (κ2) is 11.2. The number of rotatable bonds is 11. The molecule has 45 heavy (non-hydrogen) atoms. The Balaban J connectivity index is 1.37. The van der Waals surface area contributed by atoms with Crippen LogP contribution in [0.1, 0.15) is 59.0 Å². The fourth-order valence-corrected chi connectivity index (χ4v) is 5.57. The zero-order valence-electron chi connectivity index (χ0n) is 24.3. The topological polar surface area (TPSA) is 142 Å². The molecule has 2 fully saturated rings. The van der Waals surface area contributed by atoms with E-state index in [-0.39, 0.29) is 58.6 Å². The number of alkyl halides is 1. The van der Waals surface area contributed by atoms with Crippen molar-refractivity contribution in [3.8, 4) is 22.8 Å². The number of nitrogens with zero attached hydrogens (tertiary/aromatic N) is 3. The van der Waals surface area contributed by atoms with E-state index in [2.05, 4.69) is 15.4 Å². The summed E-state index contributed by atoms with van der Waals surface area (Å²) in [6.07, 6.45) is 3.38. The summed E-state index contributed by atoms with van der Waals surface area (Å²) in [5.41, 5.74) is 4.15. The lowest BCUT2D eigenvalue weighted by molar-refractivity contribution is 0.00946. The molecule has 2 saturated carbocycles. The highest BCUT2D eigenvalue weighted by molar-refractivity contribution is 6.31. The van der Waals surface area contributed by atoms with Gasteiger partial charge in [-0.25, -0.2) is 22.8 Å². The highest BCUT2D eigenvalue weighted by Crippen LogP contribution is 2.47. The summed E-state index contributed by atoms with van der Waals surface area (Å²) in [5.74, 6) is -5.74. The Morgan fingerprint density at radius 2 is 1.96 bits per heavy atom. The van der Waals surface area contributed by atoms with E-state index in [0.717, 1.165) is 12.1 Å². The lowest BCUT2D eigenvalue weighted by Gasteiger charge is -2.29. The van der Waals surface area contributed by atoms with Crippen molar-refractivity contribution in [2.75, 3.05) is 20.3 Å². The fraction of sp³-hybridized carbons (Fsp3) is 0.355. The summed E-state index contributed by atoms with van der Waals surface area (Å²) in [6.45, 7) is 1.39. The van der Waals surface area contributed by atoms with E-state index < -0.39 is 39.9 Å². The fourth-order valence-electron chi connectivity index (χ4n) is 5.37. The van der Waals surface area contributed by atoms with Gasteiger partial charge in [-0.2, -0.15) is 5.10 Å². The largest absolute Gasteiger partial charge is 0.494 e. The third kappa shape index (κ3) is 5.54. The number of amides is 2. The number of hydrogen-bond donors (Lipinski definition) is 3. The van der Waals surface area contributed by atoms with Gasteiger partial charge in [0.25, 0.3) is 11.8 Å². The first-order valence-corrected chi connectivity index (χ1v) is 14.7. The number of nitrogens with two attached hydrogens (primary N) is 1. The number of carbonyl (C=O) groups excluding carboxylic acids is 2. The van der Waals surface area contributed by atoms with Crippen LogP contribution in [0.2, 0.25) is 5.02 Å². The molecule has 4 N–H and O–H groups in total. The van der Waals surface area contributed by atoms with E-state index >= 15 is 0 Å². The Bertz CT molecular complexity index is 1840. The van der Waals surface area contributed by atoms with Gasteiger partial charge in [0, 0.05) is 35.6 Å². The standard InChI is InChI=1S/C31H29ClF3N5O5/c1-3-45-27-19(28(36)41)12-23(38-26(27)15-9-20(32)24(34)21(33)10-15)31(43,18-4-5-18)14-37-29(42)16-8-17-13-40(30(35)6-7-30)39-25(17)22(11-16)44-2/h8-13,18,43H,3-7,14H2,1-2H3,(H2,36,41)(H,37,42)/t31-/m1/s1. The number of benzene rings is 2. The number of aliphatic hydroxyl groups is 1. The second-order valence-corrected chi connectivity index (χ2v) is 11.7. The molecule has 4 aromatic rings. The second-order valence-electron chi connectivity index (χ2n) is 11.3. The minimum Gasteiger partial charge on any atom is -0.494 e. The van der Waals surface area contributed by atoms with Crippen LogP contribution in [0, 0.1) is 17.6 Å². The van der Waals surface area contributed by atoms with Gasteiger partial charge in [0.15, 0.2) is 17.4 Å². The molecule has 0 radical (unpaired) electrons. The van der Waals surface area contributed by atoms with Crippen LogP contribution in [0.4, 0.5) is 13.2 Å². The average Bonchev–Trinajstić information content (AvgIpc) is 3.95. The van der Waals surface area contributed by atoms with Gasteiger partial charge in [-0.15, -0.1) is 0 Å². The Morgan fingerprint density at radius 1 is 1.22 bits per heavy atom. The van der Waals surface area contributed by atoms with Crippen LogP contribution in [0.15, 0.2) is 36.5 Å². The van der Waals surface area contributed by atoms with E-state index in [9.17, 15) is 27.9 Å². The molecule has 6 rings (SSSR count). The minimum absolute atomic E-state index is 0.0175. The SMILES string of the molecule is CCOc1c(C(N)=O)cc([C@@](O)(CNC(=O)c2cc(OC)c3nn(C4(F)CC4)cc3c2)C2CC2)nc1-c1cc(F)c(F)c(Cl)c1. The molecule has 2 aliphatic rings. The summed E-state index contributed by atoms with van der Waals surface area (Å²) in [6, 6.07) is 6.25. The van der Waals surface area contributed by atoms with Gasteiger partial charge < -0.3 is 25.6 Å². The lowest BCUT2D eigenvalue weighted by Crippen LogP contribution is -2.43. The number of hydrogen-bond acceptors (Lipinski definition) is 7. The van der Waals surface area contributed by atoms with E-state index in [0.29, 0.717) is 36.6 Å². The molecular weight excluding hydrogens is 615 g/mol. The van der Waals surface area contributed by atoms with Crippen molar-refractivity contribution in [2.24, 2.45) is 11.7 Å². The molecule has 0 saturated heterocycles. The maximum Gasteiger partial charge on any atom is 0.252 e. The monoisotopic (exact) mass is 643 g/mol. The Morgan fingerprint density at radius 3 is 2.56 bits per heavy atom. The normalized spacial score (nSPS) is 16.7. The first-order chi connectivity index (χ1) is 21.4. The number of fused-ring (bicyclic) bond motifs is 1. The Kier molecular flexibility index (Phi) is 7.64. The van der Waals surface area contributed by atoms with Crippen molar-refractivity contribution >= 4 is 34.3 Å². The predicted molar refractivity (Wildman–Crippen MR) is 158 cm³/mol. The van der Waals surface area contributed by atoms with Crippen molar-refractivity contribution in [3.63, 3.8) is 0 Å². The number of primary amides is 1. The zero-order valence-corrected chi connectivity index (χ0v) is 25.1. The molecule has 2 heterocycles. The number of pyridine rings is 1. The molecule has 2 aromatic carbocycles. The molecule has 0 bridgehead atoms. The van der Waals surface area contributed by atoms with Gasteiger partial charge in [-0.05, 0) is 56.0 Å². The molecular formula is C31H29ClF3N5O5. The number of halogens is 4. The summed E-state index contributed by atoms with van der Waals surface area (Å²) in [5, 5.41) is 19.0. The summed E-state index contributed by atoms with van der Waals surface area (Å²) < 4.78 is 55.4. The molecule has 0 aliphatic heterocycles. The maximum absolute atomic E-state index is 14.7. The molecule has 0 unspecified atom stereocenters. The Labute approximate surface area is 260 Å². The first-order valence-electron chi connectivity index (χ1n) is 14.3. The number of nitrogens with one attached hydrogen (secondary N) is 1. The van der Waals surface area contributed by atoms with Crippen LogP contribution in [0.5, 0.6) is 11.5 Å². The van der Waals surface area contributed by atoms with E-state index in [4.69, 9.17) is 26.8 Å². The van der Waals surface area contributed by atoms with Crippen LogP contribution in [-0.4, -0.2) is 51.9 Å². The smallest absolute Gasteiger partial charge is 0.252 e. The van der Waals surface area contributed by atoms with E-state index in [1.165, 1.54) is 30.1 Å². The van der Waals surface area contributed by atoms with Crippen molar-refractivity contribution in [3.05, 3.63) is 70.0 Å². The lowest BCUT2D eigenvalue weighted by atomic mass is 9.90.